The largest absolute Gasteiger partial charge is 0.490 e. The van der Waals surface area contributed by atoms with Gasteiger partial charge in [0.25, 0.3) is 0 Å². The topological polar surface area (TPSA) is 46.6 Å². The Balaban J connectivity index is 1.89. The van der Waals surface area contributed by atoms with Crippen molar-refractivity contribution >= 4 is 10.0 Å². The predicted octanol–water partition coefficient (Wildman–Crippen LogP) is 2.49. The molecular formula is C15H20FNO3S. The summed E-state index contributed by atoms with van der Waals surface area (Å²) in [6.07, 6.45) is 4.03. The Bertz CT molecular complexity index is 655. The molecule has 0 spiro atoms. The molecule has 0 amide bonds. The van der Waals surface area contributed by atoms with Crippen LogP contribution in [-0.2, 0) is 16.4 Å². The summed E-state index contributed by atoms with van der Waals surface area (Å²) >= 11 is 0. The van der Waals surface area contributed by atoms with E-state index >= 15 is 0 Å². The summed E-state index contributed by atoms with van der Waals surface area (Å²) in [5.41, 5.74) is 1.72. The number of fused-ring (bicyclic) bond motifs is 1. The second-order valence-corrected chi connectivity index (χ2v) is 7.97. The zero-order valence-electron chi connectivity index (χ0n) is 12.3. The maximum Gasteiger partial charge on any atom is 0.211 e. The van der Waals surface area contributed by atoms with Crippen molar-refractivity contribution < 1.29 is 17.5 Å². The van der Waals surface area contributed by atoms with E-state index in [9.17, 15) is 12.8 Å². The summed E-state index contributed by atoms with van der Waals surface area (Å²) < 4.78 is 44.7. The molecule has 21 heavy (non-hydrogen) atoms. The molecule has 4 nitrogen and oxygen atoms in total. The molecule has 0 saturated heterocycles. The minimum atomic E-state index is -3.26. The van der Waals surface area contributed by atoms with E-state index in [1.54, 1.807) is 6.07 Å². The molecule has 1 atom stereocenters. The van der Waals surface area contributed by atoms with Crippen molar-refractivity contribution in [1.82, 2.24) is 4.31 Å². The van der Waals surface area contributed by atoms with Gasteiger partial charge in [-0.25, -0.2) is 12.8 Å². The summed E-state index contributed by atoms with van der Waals surface area (Å²) in [4.78, 5) is 0. The smallest absolute Gasteiger partial charge is 0.211 e. The van der Waals surface area contributed by atoms with E-state index in [4.69, 9.17) is 4.74 Å². The van der Waals surface area contributed by atoms with Gasteiger partial charge >= 0.3 is 0 Å². The molecule has 0 unspecified atom stereocenters. The van der Waals surface area contributed by atoms with Crippen LogP contribution in [0.25, 0.3) is 0 Å². The Labute approximate surface area is 125 Å². The molecule has 0 aromatic heterocycles. The Morgan fingerprint density at radius 2 is 2.10 bits per heavy atom. The molecule has 0 bridgehead atoms. The molecule has 1 aliphatic carbocycles. The van der Waals surface area contributed by atoms with Crippen LogP contribution in [0.4, 0.5) is 4.39 Å². The fraction of sp³-hybridized carbons (Fsp3) is 0.600. The van der Waals surface area contributed by atoms with Crippen molar-refractivity contribution in [3.63, 3.8) is 0 Å². The standard InChI is InChI=1S/C15H20FNO3S/c1-10-13-8-15(20-9-11-3-4-11)14(16)7-12(13)5-6-17(10)21(2,18)19/h7-8,10-11H,3-6,9H2,1-2H3/t10-/m1/s1. The van der Waals surface area contributed by atoms with Gasteiger partial charge in [0.1, 0.15) is 0 Å². The number of halogens is 1. The Kier molecular flexibility index (Phi) is 3.69. The molecule has 0 radical (unpaired) electrons. The van der Waals surface area contributed by atoms with Gasteiger partial charge < -0.3 is 4.74 Å². The lowest BCUT2D eigenvalue weighted by molar-refractivity contribution is 0.281. The summed E-state index contributed by atoms with van der Waals surface area (Å²) in [5, 5.41) is 0. The number of hydrogen-bond acceptors (Lipinski definition) is 3. The number of nitrogens with zero attached hydrogens (tertiary/aromatic N) is 1. The first-order valence-electron chi connectivity index (χ1n) is 7.28. The van der Waals surface area contributed by atoms with Crippen LogP contribution in [0.5, 0.6) is 5.75 Å². The van der Waals surface area contributed by atoms with Gasteiger partial charge in [-0.05, 0) is 55.4 Å². The van der Waals surface area contributed by atoms with Gasteiger partial charge in [0.15, 0.2) is 11.6 Å². The SMILES string of the molecule is C[C@@H]1c2cc(OCC3CC3)c(F)cc2CCN1S(C)(=O)=O. The Morgan fingerprint density at radius 3 is 2.71 bits per heavy atom. The van der Waals surface area contributed by atoms with Crippen molar-refractivity contribution in [2.24, 2.45) is 5.92 Å². The fourth-order valence-electron chi connectivity index (χ4n) is 2.85. The predicted molar refractivity (Wildman–Crippen MR) is 78.3 cm³/mol. The molecule has 116 valence electrons. The monoisotopic (exact) mass is 313 g/mol. The highest BCUT2D eigenvalue weighted by atomic mass is 32.2. The van der Waals surface area contributed by atoms with E-state index in [0.717, 1.165) is 24.0 Å². The van der Waals surface area contributed by atoms with Gasteiger partial charge in [0, 0.05) is 12.6 Å². The normalized spacial score (nSPS) is 22.9. The molecule has 1 fully saturated rings. The third kappa shape index (κ3) is 3.06. The van der Waals surface area contributed by atoms with Gasteiger partial charge in [-0.2, -0.15) is 4.31 Å². The lowest BCUT2D eigenvalue weighted by atomic mass is 9.95. The average Bonchev–Trinajstić information content (AvgIpc) is 3.19. The molecule has 6 heteroatoms. The van der Waals surface area contributed by atoms with Crippen molar-refractivity contribution in [3.8, 4) is 5.75 Å². The Morgan fingerprint density at radius 1 is 1.38 bits per heavy atom. The van der Waals surface area contributed by atoms with Crippen LogP contribution >= 0.6 is 0 Å². The van der Waals surface area contributed by atoms with Crippen molar-refractivity contribution in [2.75, 3.05) is 19.4 Å². The number of hydrogen-bond donors (Lipinski definition) is 0. The first-order valence-corrected chi connectivity index (χ1v) is 9.13. The fourth-order valence-corrected chi connectivity index (χ4v) is 3.96. The van der Waals surface area contributed by atoms with Gasteiger partial charge in [0.2, 0.25) is 10.0 Å². The second kappa shape index (κ2) is 5.25. The molecule has 3 rings (SSSR count). The highest BCUT2D eigenvalue weighted by molar-refractivity contribution is 7.88. The highest BCUT2D eigenvalue weighted by Gasteiger charge is 2.31. The van der Waals surface area contributed by atoms with Crippen LogP contribution in [0.3, 0.4) is 0 Å². The van der Waals surface area contributed by atoms with E-state index < -0.39 is 10.0 Å². The molecular weight excluding hydrogens is 293 g/mol. The van der Waals surface area contributed by atoms with Crippen LogP contribution < -0.4 is 4.74 Å². The minimum Gasteiger partial charge on any atom is -0.490 e. The van der Waals surface area contributed by atoms with Crippen LogP contribution in [0.1, 0.15) is 36.9 Å². The van der Waals surface area contributed by atoms with Crippen molar-refractivity contribution in [3.05, 3.63) is 29.1 Å². The van der Waals surface area contributed by atoms with E-state index in [0.29, 0.717) is 25.5 Å². The van der Waals surface area contributed by atoms with E-state index in [1.165, 1.54) is 16.6 Å². The minimum absolute atomic E-state index is 0.239. The maximum absolute atomic E-state index is 14.0. The van der Waals surface area contributed by atoms with Gasteiger partial charge in [-0.3, -0.25) is 0 Å². The van der Waals surface area contributed by atoms with Gasteiger partial charge in [-0.1, -0.05) is 0 Å². The number of ether oxygens (including phenoxy) is 1. The van der Waals surface area contributed by atoms with Crippen molar-refractivity contribution in [1.29, 1.82) is 0 Å². The van der Waals surface area contributed by atoms with Crippen molar-refractivity contribution in [2.45, 2.75) is 32.2 Å². The summed E-state index contributed by atoms with van der Waals surface area (Å²) in [7, 11) is -3.26. The zero-order chi connectivity index (χ0) is 15.2. The summed E-state index contributed by atoms with van der Waals surface area (Å²) in [5.74, 6) is 0.433. The third-order valence-electron chi connectivity index (χ3n) is 4.27. The summed E-state index contributed by atoms with van der Waals surface area (Å²) in [6.45, 7) is 2.77. The van der Waals surface area contributed by atoms with Gasteiger partial charge in [-0.15, -0.1) is 0 Å². The van der Waals surface area contributed by atoms with Crippen LogP contribution in [0.15, 0.2) is 12.1 Å². The molecule has 2 aliphatic rings. The second-order valence-electron chi connectivity index (χ2n) is 6.04. The van der Waals surface area contributed by atoms with E-state index in [-0.39, 0.29) is 17.6 Å². The quantitative estimate of drug-likeness (QED) is 0.858. The number of benzene rings is 1. The van der Waals surface area contributed by atoms with Crippen LogP contribution in [0.2, 0.25) is 0 Å². The van der Waals surface area contributed by atoms with E-state index in [2.05, 4.69) is 0 Å². The Hall–Kier alpha value is -1.14. The molecule has 1 aromatic rings. The lowest BCUT2D eigenvalue weighted by Crippen LogP contribution is -2.38. The number of sulfonamides is 1. The molecule has 1 aliphatic heterocycles. The zero-order valence-corrected chi connectivity index (χ0v) is 13.1. The van der Waals surface area contributed by atoms with Crippen LogP contribution in [-0.4, -0.2) is 32.1 Å². The molecule has 1 saturated carbocycles. The number of rotatable bonds is 4. The van der Waals surface area contributed by atoms with E-state index in [1.807, 2.05) is 6.92 Å². The van der Waals surface area contributed by atoms with Crippen LogP contribution in [0, 0.1) is 11.7 Å². The average molecular weight is 313 g/mol. The molecule has 1 aromatic carbocycles. The first kappa shape index (κ1) is 14.8. The summed E-state index contributed by atoms with van der Waals surface area (Å²) in [6, 6.07) is 2.88. The molecule has 0 N–H and O–H groups in total. The highest BCUT2D eigenvalue weighted by Crippen LogP contribution is 2.36. The maximum atomic E-state index is 14.0. The molecule has 1 heterocycles. The first-order chi connectivity index (χ1) is 9.86. The lowest BCUT2D eigenvalue weighted by Gasteiger charge is -2.33. The van der Waals surface area contributed by atoms with Gasteiger partial charge in [0.05, 0.1) is 12.9 Å². The third-order valence-corrected chi connectivity index (χ3v) is 5.63.